The van der Waals surface area contributed by atoms with Crippen molar-refractivity contribution in [3.05, 3.63) is 18.9 Å². The minimum absolute atomic E-state index is 0.407. The van der Waals surface area contributed by atoms with Crippen LogP contribution in [0.15, 0.2) is 18.9 Å². The van der Waals surface area contributed by atoms with Gasteiger partial charge in [0.05, 0.1) is 6.33 Å². The van der Waals surface area contributed by atoms with Crippen molar-refractivity contribution in [2.75, 3.05) is 0 Å². The number of rotatable bonds is 2. The zero-order valence-electron chi connectivity index (χ0n) is 7.58. The van der Waals surface area contributed by atoms with Gasteiger partial charge in [0.2, 0.25) is 5.91 Å². The van der Waals surface area contributed by atoms with Crippen molar-refractivity contribution in [1.29, 1.82) is 0 Å². The highest BCUT2D eigenvalue weighted by Gasteiger charge is 2.13. The fourth-order valence-electron chi connectivity index (χ4n) is 1.11. The van der Waals surface area contributed by atoms with Crippen LogP contribution in [0.25, 0.3) is 11.5 Å². The van der Waals surface area contributed by atoms with Crippen LogP contribution >= 0.6 is 0 Å². The molecule has 2 aliphatic rings. The van der Waals surface area contributed by atoms with E-state index in [4.69, 9.17) is 5.73 Å². The number of aromatic nitrogens is 4. The molecule has 0 aliphatic carbocycles. The lowest BCUT2D eigenvalue weighted by atomic mass is 10.3. The summed E-state index contributed by atoms with van der Waals surface area (Å²) in [5.74, 6) is 0.161. The van der Waals surface area contributed by atoms with Gasteiger partial charge in [0.15, 0.2) is 5.82 Å². The van der Waals surface area contributed by atoms with Gasteiger partial charge >= 0.3 is 0 Å². The molecule has 1 atom stereocenters. The molecule has 1 amide bonds. The summed E-state index contributed by atoms with van der Waals surface area (Å²) < 4.78 is 1.61. The lowest BCUT2D eigenvalue weighted by Crippen LogP contribution is -2.24. The first-order valence-corrected chi connectivity index (χ1v) is 4.12. The van der Waals surface area contributed by atoms with Crippen LogP contribution in [0.3, 0.4) is 0 Å². The van der Waals surface area contributed by atoms with Gasteiger partial charge in [-0.15, -0.1) is 0 Å². The Balaban J connectivity index is 2.45. The molecular weight excluding hydrogens is 182 g/mol. The summed E-state index contributed by atoms with van der Waals surface area (Å²) in [7, 11) is 0. The number of hydrogen-bond acceptors (Lipinski definition) is 4. The Morgan fingerprint density at radius 3 is 3.00 bits per heavy atom. The topological polar surface area (TPSA) is 86.7 Å². The average molecular weight is 191 g/mol. The van der Waals surface area contributed by atoms with Crippen LogP contribution in [0.2, 0.25) is 0 Å². The molecule has 6 nitrogen and oxygen atoms in total. The second-order valence-electron chi connectivity index (χ2n) is 2.98. The lowest BCUT2D eigenvalue weighted by molar-refractivity contribution is -0.120. The Kier molecular flexibility index (Phi) is 1.88. The standard InChI is InChI=1S/C8H9N5O/c1-5(7(9)14)13-2-6-8(12-4-13)11-3-10-6/h2-5H,1H3,(H2,9,14). The van der Waals surface area contributed by atoms with E-state index in [1.54, 1.807) is 17.7 Å². The van der Waals surface area contributed by atoms with Gasteiger partial charge in [-0.1, -0.05) is 0 Å². The Morgan fingerprint density at radius 2 is 2.29 bits per heavy atom. The highest BCUT2D eigenvalue weighted by molar-refractivity contribution is 5.78. The van der Waals surface area contributed by atoms with Crippen LogP contribution in [0.1, 0.15) is 13.0 Å². The maximum atomic E-state index is 10.9. The summed E-state index contributed by atoms with van der Waals surface area (Å²) in [4.78, 5) is 22.8. The summed E-state index contributed by atoms with van der Waals surface area (Å²) in [6.45, 7) is 1.70. The molecule has 0 saturated carbocycles. The van der Waals surface area contributed by atoms with E-state index in [1.807, 2.05) is 0 Å². The molecule has 6 heteroatoms. The summed E-state index contributed by atoms with van der Waals surface area (Å²) in [5, 5.41) is 0. The number of fused-ring (bicyclic) bond motifs is 1. The van der Waals surface area contributed by atoms with Crippen molar-refractivity contribution in [3.8, 4) is 11.5 Å². The molecule has 1 unspecified atom stereocenters. The summed E-state index contributed by atoms with van der Waals surface area (Å²) in [5.41, 5.74) is 5.82. The van der Waals surface area contributed by atoms with Crippen LogP contribution in [-0.4, -0.2) is 25.4 Å². The molecule has 0 spiro atoms. The van der Waals surface area contributed by atoms with Gasteiger partial charge in [0.1, 0.15) is 18.1 Å². The Bertz CT molecular complexity index is 437. The second kappa shape index (κ2) is 3.06. The average Bonchev–Trinajstić information content (AvgIpc) is 2.62. The van der Waals surface area contributed by atoms with Crippen molar-refractivity contribution >= 4 is 5.91 Å². The highest BCUT2D eigenvalue weighted by Crippen LogP contribution is 2.14. The molecule has 0 aromatic carbocycles. The van der Waals surface area contributed by atoms with Crippen molar-refractivity contribution in [2.45, 2.75) is 13.0 Å². The third-order valence-electron chi connectivity index (χ3n) is 2.05. The molecule has 0 fully saturated rings. The molecule has 0 saturated heterocycles. The minimum atomic E-state index is -0.427. The van der Waals surface area contributed by atoms with Crippen LogP contribution in [0.4, 0.5) is 0 Å². The van der Waals surface area contributed by atoms with Gasteiger partial charge in [-0.2, -0.15) is 0 Å². The minimum Gasteiger partial charge on any atom is -0.368 e. The molecule has 0 aromatic rings. The number of hydrogen-bond donors (Lipinski definition) is 1. The van der Waals surface area contributed by atoms with E-state index >= 15 is 0 Å². The van der Waals surface area contributed by atoms with E-state index < -0.39 is 11.9 Å². The van der Waals surface area contributed by atoms with E-state index in [9.17, 15) is 4.79 Å². The van der Waals surface area contributed by atoms with E-state index in [1.165, 1.54) is 12.7 Å². The molecular formula is C8H9N5O. The quantitative estimate of drug-likeness (QED) is 0.713. The summed E-state index contributed by atoms with van der Waals surface area (Å²) in [6.07, 6.45) is 4.65. The number of amides is 1. The number of nitrogens with zero attached hydrogens (tertiary/aromatic N) is 4. The molecule has 2 rings (SSSR count). The molecule has 0 bridgehead atoms. The number of carbonyl (C=O) groups excluding carboxylic acids is 1. The van der Waals surface area contributed by atoms with Gasteiger partial charge in [0, 0.05) is 6.20 Å². The first kappa shape index (κ1) is 8.61. The molecule has 0 aromatic heterocycles. The Labute approximate surface area is 80.1 Å². The summed E-state index contributed by atoms with van der Waals surface area (Å²) in [6, 6.07) is -0.427. The maximum Gasteiger partial charge on any atom is 0.240 e. The number of imidazole rings is 1. The monoisotopic (exact) mass is 191 g/mol. The van der Waals surface area contributed by atoms with Crippen LogP contribution < -0.4 is 5.73 Å². The Morgan fingerprint density at radius 1 is 1.50 bits per heavy atom. The third kappa shape index (κ3) is 1.30. The predicted octanol–water partition coefficient (Wildman–Crippen LogP) is -0.176. The largest absolute Gasteiger partial charge is 0.368 e. The van der Waals surface area contributed by atoms with Crippen molar-refractivity contribution in [3.63, 3.8) is 0 Å². The predicted molar refractivity (Wildman–Crippen MR) is 48.3 cm³/mol. The highest BCUT2D eigenvalue weighted by atomic mass is 16.1. The van der Waals surface area contributed by atoms with Crippen LogP contribution in [0.5, 0.6) is 0 Å². The fraction of sp³-hybridized carbons (Fsp3) is 0.250. The van der Waals surface area contributed by atoms with Gasteiger partial charge in [0.25, 0.3) is 0 Å². The van der Waals surface area contributed by atoms with Crippen LogP contribution in [-0.2, 0) is 4.79 Å². The molecule has 2 aliphatic heterocycles. The smallest absolute Gasteiger partial charge is 0.240 e. The molecule has 72 valence electrons. The molecule has 0 radical (unpaired) electrons. The van der Waals surface area contributed by atoms with Gasteiger partial charge in [-0.3, -0.25) is 4.79 Å². The lowest BCUT2D eigenvalue weighted by Gasteiger charge is -2.11. The van der Waals surface area contributed by atoms with E-state index in [-0.39, 0.29) is 0 Å². The van der Waals surface area contributed by atoms with Crippen molar-refractivity contribution in [2.24, 2.45) is 5.73 Å². The van der Waals surface area contributed by atoms with E-state index in [0.29, 0.717) is 11.5 Å². The van der Waals surface area contributed by atoms with E-state index in [2.05, 4.69) is 15.0 Å². The SMILES string of the molecule is CC(C(N)=O)n1cnc2ncnc-2c1. The third-order valence-corrected chi connectivity index (χ3v) is 2.05. The van der Waals surface area contributed by atoms with Gasteiger partial charge < -0.3 is 10.3 Å². The maximum absolute atomic E-state index is 10.9. The zero-order valence-corrected chi connectivity index (χ0v) is 7.58. The second-order valence-corrected chi connectivity index (χ2v) is 2.98. The Hall–Kier alpha value is -1.98. The van der Waals surface area contributed by atoms with Gasteiger partial charge in [-0.25, -0.2) is 15.0 Å². The van der Waals surface area contributed by atoms with Crippen LogP contribution in [0, 0.1) is 0 Å². The zero-order chi connectivity index (χ0) is 10.1. The number of nitrogens with two attached hydrogens (primary N) is 1. The first-order valence-electron chi connectivity index (χ1n) is 4.12. The molecule has 14 heavy (non-hydrogen) atoms. The number of primary amides is 1. The first-order chi connectivity index (χ1) is 6.68. The fourth-order valence-corrected chi connectivity index (χ4v) is 1.11. The molecule has 2 heterocycles. The van der Waals surface area contributed by atoms with Crippen molar-refractivity contribution in [1.82, 2.24) is 19.5 Å². The van der Waals surface area contributed by atoms with E-state index in [0.717, 1.165) is 0 Å². The normalized spacial score (nSPS) is 12.9. The summed E-state index contributed by atoms with van der Waals surface area (Å²) >= 11 is 0. The number of carbonyl (C=O) groups is 1. The molecule has 2 N–H and O–H groups in total. The van der Waals surface area contributed by atoms with Gasteiger partial charge in [-0.05, 0) is 6.92 Å². The van der Waals surface area contributed by atoms with Crippen molar-refractivity contribution < 1.29 is 4.79 Å².